The molecule has 1 saturated heterocycles. The smallest absolute Gasteiger partial charge is 0.262 e. The van der Waals surface area contributed by atoms with Crippen molar-refractivity contribution in [3.63, 3.8) is 0 Å². The Bertz CT molecular complexity index is 1190. The van der Waals surface area contributed by atoms with E-state index >= 15 is 0 Å². The molecule has 1 aromatic heterocycles. The third-order valence-electron chi connectivity index (χ3n) is 6.77. The monoisotopic (exact) mass is 486 g/mol. The number of fused-ring (bicyclic) bond motifs is 1. The Kier molecular flexibility index (Phi) is 7.09. The second-order valence-electron chi connectivity index (χ2n) is 10.1. The van der Waals surface area contributed by atoms with E-state index in [1.807, 2.05) is 48.8 Å². The predicted molar refractivity (Wildman–Crippen MR) is 142 cm³/mol. The highest BCUT2D eigenvalue weighted by molar-refractivity contribution is 5.95. The topological polar surface area (TPSA) is 66.9 Å². The zero-order chi connectivity index (χ0) is 25.0. The summed E-state index contributed by atoms with van der Waals surface area (Å²) in [4.78, 5) is 21.7. The van der Waals surface area contributed by atoms with Gasteiger partial charge in [-0.15, -0.1) is 0 Å². The third kappa shape index (κ3) is 5.79. The highest BCUT2D eigenvalue weighted by Gasteiger charge is 2.32. The molecule has 0 saturated carbocycles. The molecule has 0 unspecified atom stereocenters. The number of hydrogen-bond acceptors (Lipinski definition) is 6. The summed E-state index contributed by atoms with van der Waals surface area (Å²) >= 11 is 0. The number of rotatable bonds is 8. The van der Waals surface area contributed by atoms with Gasteiger partial charge in [-0.1, -0.05) is 24.3 Å². The minimum absolute atomic E-state index is 0.0721. The lowest BCUT2D eigenvalue weighted by Gasteiger charge is -2.37. The fraction of sp³-hybridized carbons (Fsp3) is 0.379. The van der Waals surface area contributed by atoms with Crippen LogP contribution in [0.15, 0.2) is 67.0 Å². The van der Waals surface area contributed by atoms with E-state index in [4.69, 9.17) is 9.47 Å². The second kappa shape index (κ2) is 10.6. The van der Waals surface area contributed by atoms with Gasteiger partial charge in [-0.25, -0.2) is 0 Å². The molecule has 2 aliphatic rings. The first-order chi connectivity index (χ1) is 17.5. The SMILES string of the molecule is CC1(C)Cc2cccc(OCC(=O)Nc3ccccc3N3CCN(CCc4ccncc4)CC3)c2O1. The van der Waals surface area contributed by atoms with Crippen LogP contribution in [-0.2, 0) is 17.6 Å². The average Bonchev–Trinajstić information content (AvgIpc) is 3.22. The van der Waals surface area contributed by atoms with Crippen molar-refractivity contribution in [2.75, 3.05) is 49.5 Å². The number of aromatic nitrogens is 1. The Hall–Kier alpha value is -3.58. The molecule has 1 fully saturated rings. The molecule has 2 aliphatic heterocycles. The Morgan fingerprint density at radius 3 is 2.61 bits per heavy atom. The third-order valence-corrected chi connectivity index (χ3v) is 6.77. The molecule has 0 bridgehead atoms. The van der Waals surface area contributed by atoms with E-state index in [1.165, 1.54) is 5.56 Å². The summed E-state index contributed by atoms with van der Waals surface area (Å²) in [6.45, 7) is 8.90. The maximum Gasteiger partial charge on any atom is 0.262 e. The lowest BCUT2D eigenvalue weighted by molar-refractivity contribution is -0.118. The highest BCUT2D eigenvalue weighted by atomic mass is 16.5. The second-order valence-corrected chi connectivity index (χ2v) is 10.1. The Labute approximate surface area is 213 Å². The minimum Gasteiger partial charge on any atom is -0.483 e. The van der Waals surface area contributed by atoms with Crippen LogP contribution in [0, 0.1) is 0 Å². The van der Waals surface area contributed by atoms with E-state index in [1.54, 1.807) is 0 Å². The highest BCUT2D eigenvalue weighted by Crippen LogP contribution is 2.41. The molecule has 2 aromatic carbocycles. The number of ether oxygens (including phenoxy) is 2. The van der Waals surface area contributed by atoms with Gasteiger partial charge >= 0.3 is 0 Å². The maximum absolute atomic E-state index is 12.8. The van der Waals surface area contributed by atoms with Crippen LogP contribution in [0.1, 0.15) is 25.0 Å². The Morgan fingerprint density at radius 2 is 1.81 bits per heavy atom. The first-order valence-electron chi connectivity index (χ1n) is 12.7. The number of nitrogens with zero attached hydrogens (tertiary/aromatic N) is 3. The molecule has 5 rings (SSSR count). The Morgan fingerprint density at radius 1 is 1.03 bits per heavy atom. The van der Waals surface area contributed by atoms with Crippen molar-refractivity contribution in [1.29, 1.82) is 0 Å². The van der Waals surface area contributed by atoms with Crippen molar-refractivity contribution in [2.24, 2.45) is 0 Å². The number of para-hydroxylation sites is 3. The van der Waals surface area contributed by atoms with Gasteiger partial charge in [0.2, 0.25) is 0 Å². The van der Waals surface area contributed by atoms with Crippen molar-refractivity contribution < 1.29 is 14.3 Å². The fourth-order valence-electron chi connectivity index (χ4n) is 4.93. The van der Waals surface area contributed by atoms with Gasteiger partial charge in [0.1, 0.15) is 5.60 Å². The van der Waals surface area contributed by atoms with Crippen molar-refractivity contribution in [1.82, 2.24) is 9.88 Å². The molecule has 0 radical (unpaired) electrons. The number of carbonyl (C=O) groups excluding carboxylic acids is 1. The Balaban J connectivity index is 1.15. The first kappa shape index (κ1) is 24.1. The van der Waals surface area contributed by atoms with E-state index in [9.17, 15) is 4.79 Å². The molecule has 36 heavy (non-hydrogen) atoms. The number of hydrogen-bond donors (Lipinski definition) is 1. The molecule has 3 aromatic rings. The summed E-state index contributed by atoms with van der Waals surface area (Å²) in [7, 11) is 0. The lowest BCUT2D eigenvalue weighted by Crippen LogP contribution is -2.47. The summed E-state index contributed by atoms with van der Waals surface area (Å²) in [6, 6.07) is 18.0. The van der Waals surface area contributed by atoms with Crippen LogP contribution in [0.4, 0.5) is 11.4 Å². The molecule has 1 N–H and O–H groups in total. The quantitative estimate of drug-likeness (QED) is 0.515. The number of piperazine rings is 1. The number of benzene rings is 2. The molecule has 0 aliphatic carbocycles. The fourth-order valence-corrected chi connectivity index (χ4v) is 4.93. The summed E-state index contributed by atoms with van der Waals surface area (Å²) in [6.07, 6.45) is 5.56. The van der Waals surface area contributed by atoms with Gasteiger partial charge in [0, 0.05) is 57.1 Å². The van der Waals surface area contributed by atoms with E-state index in [0.717, 1.165) is 68.3 Å². The van der Waals surface area contributed by atoms with Gasteiger partial charge in [-0.2, -0.15) is 0 Å². The molecule has 0 spiro atoms. The molecule has 3 heterocycles. The summed E-state index contributed by atoms with van der Waals surface area (Å²) in [5, 5.41) is 3.05. The van der Waals surface area contributed by atoms with Gasteiger partial charge in [-0.3, -0.25) is 14.7 Å². The molecule has 188 valence electrons. The van der Waals surface area contributed by atoms with Crippen LogP contribution in [0.3, 0.4) is 0 Å². The normalized spacial score (nSPS) is 16.8. The molecule has 0 atom stereocenters. The van der Waals surface area contributed by atoms with E-state index in [-0.39, 0.29) is 18.1 Å². The van der Waals surface area contributed by atoms with E-state index in [2.05, 4.69) is 52.1 Å². The summed E-state index contributed by atoms with van der Waals surface area (Å²) < 4.78 is 11.9. The van der Waals surface area contributed by atoms with Gasteiger partial charge in [-0.05, 0) is 56.2 Å². The lowest BCUT2D eigenvalue weighted by atomic mass is 10.0. The predicted octanol–water partition coefficient (Wildman–Crippen LogP) is 4.18. The van der Waals surface area contributed by atoms with Gasteiger partial charge in [0.25, 0.3) is 5.91 Å². The van der Waals surface area contributed by atoms with Crippen LogP contribution < -0.4 is 19.7 Å². The summed E-state index contributed by atoms with van der Waals surface area (Å²) in [5.74, 6) is 1.18. The largest absolute Gasteiger partial charge is 0.483 e. The van der Waals surface area contributed by atoms with Crippen LogP contribution in [-0.4, -0.2) is 60.7 Å². The van der Waals surface area contributed by atoms with E-state index in [0.29, 0.717) is 5.75 Å². The number of pyridine rings is 1. The van der Waals surface area contributed by atoms with Crippen molar-refractivity contribution in [2.45, 2.75) is 32.3 Å². The molecule has 7 heteroatoms. The van der Waals surface area contributed by atoms with Gasteiger partial charge in [0.05, 0.1) is 11.4 Å². The van der Waals surface area contributed by atoms with Crippen molar-refractivity contribution in [3.05, 3.63) is 78.1 Å². The minimum atomic E-state index is -0.258. The van der Waals surface area contributed by atoms with Crippen LogP contribution in [0.25, 0.3) is 0 Å². The van der Waals surface area contributed by atoms with Crippen LogP contribution in [0.5, 0.6) is 11.5 Å². The number of carbonyl (C=O) groups is 1. The number of amides is 1. The van der Waals surface area contributed by atoms with Gasteiger partial charge in [0.15, 0.2) is 18.1 Å². The van der Waals surface area contributed by atoms with E-state index < -0.39 is 0 Å². The zero-order valence-corrected chi connectivity index (χ0v) is 21.1. The molecule has 1 amide bonds. The molecular formula is C29H34N4O3. The molecular weight excluding hydrogens is 452 g/mol. The van der Waals surface area contributed by atoms with Crippen LogP contribution in [0.2, 0.25) is 0 Å². The number of anilines is 2. The zero-order valence-electron chi connectivity index (χ0n) is 21.1. The maximum atomic E-state index is 12.8. The van der Waals surface area contributed by atoms with Crippen LogP contribution >= 0.6 is 0 Å². The standard InChI is InChI=1S/C29H34N4O3/c1-29(2)20-23-6-5-9-26(28(23)36-29)35-21-27(34)31-24-7-3-4-8-25(24)33-18-16-32(17-19-33)15-12-22-10-13-30-14-11-22/h3-11,13-14H,12,15-21H2,1-2H3,(H,31,34). The number of nitrogens with one attached hydrogen (secondary N) is 1. The molecule has 7 nitrogen and oxygen atoms in total. The van der Waals surface area contributed by atoms with Gasteiger partial charge < -0.3 is 19.7 Å². The van der Waals surface area contributed by atoms with Crippen molar-refractivity contribution >= 4 is 17.3 Å². The summed E-state index contributed by atoms with van der Waals surface area (Å²) in [5.41, 5.74) is 4.03. The first-order valence-corrected chi connectivity index (χ1v) is 12.7. The average molecular weight is 487 g/mol. The van der Waals surface area contributed by atoms with Crippen molar-refractivity contribution in [3.8, 4) is 11.5 Å².